The number of amides is 1. The number of nitrogens with one attached hydrogen (secondary N) is 2. The summed E-state index contributed by atoms with van der Waals surface area (Å²) in [5.41, 5.74) is 3.06. The minimum atomic E-state index is -3.83. The lowest BCUT2D eigenvalue weighted by atomic mass is 10.1. The normalized spacial score (nSPS) is 11.1. The molecule has 29 heavy (non-hydrogen) atoms. The van der Waals surface area contributed by atoms with Crippen molar-refractivity contribution < 1.29 is 13.2 Å². The number of hydrogen-bond donors (Lipinski definition) is 2. The summed E-state index contributed by atoms with van der Waals surface area (Å²) < 4.78 is 28.2. The van der Waals surface area contributed by atoms with E-state index < -0.39 is 10.0 Å². The van der Waals surface area contributed by atoms with Crippen LogP contribution in [0.4, 0.5) is 5.69 Å². The Balaban J connectivity index is 1.82. The van der Waals surface area contributed by atoms with Crippen LogP contribution in [0.2, 0.25) is 5.02 Å². The highest BCUT2D eigenvalue weighted by Gasteiger charge is 2.19. The summed E-state index contributed by atoms with van der Waals surface area (Å²) in [6, 6.07) is 18.8. The molecule has 5 nitrogen and oxygen atoms in total. The van der Waals surface area contributed by atoms with Crippen LogP contribution in [0.25, 0.3) is 0 Å². The molecule has 0 bridgehead atoms. The minimum Gasteiger partial charge on any atom is -0.348 e. The first-order chi connectivity index (χ1) is 13.8. The molecular formula is C22H21ClN2O3S. The van der Waals surface area contributed by atoms with E-state index >= 15 is 0 Å². The zero-order valence-corrected chi connectivity index (χ0v) is 17.6. The van der Waals surface area contributed by atoms with Crippen LogP contribution < -0.4 is 10.0 Å². The number of halogens is 1. The number of hydrogen-bond acceptors (Lipinski definition) is 3. The van der Waals surface area contributed by atoms with Crippen molar-refractivity contribution in [3.05, 3.63) is 94.0 Å². The van der Waals surface area contributed by atoms with Gasteiger partial charge in [0.2, 0.25) is 0 Å². The largest absolute Gasteiger partial charge is 0.348 e. The Morgan fingerprint density at radius 3 is 2.34 bits per heavy atom. The molecule has 0 atom stereocenters. The highest BCUT2D eigenvalue weighted by Crippen LogP contribution is 2.22. The third kappa shape index (κ3) is 4.96. The maximum atomic E-state index is 12.8. The minimum absolute atomic E-state index is 0.0225. The van der Waals surface area contributed by atoms with E-state index in [0.717, 1.165) is 11.1 Å². The zero-order chi connectivity index (χ0) is 21.0. The van der Waals surface area contributed by atoms with Crippen molar-refractivity contribution in [3.8, 4) is 0 Å². The van der Waals surface area contributed by atoms with E-state index in [1.165, 1.54) is 12.1 Å². The van der Waals surface area contributed by atoms with Crippen LogP contribution in [0.15, 0.2) is 71.6 Å². The summed E-state index contributed by atoms with van der Waals surface area (Å²) in [5.74, 6) is -0.365. The summed E-state index contributed by atoms with van der Waals surface area (Å²) in [5, 5.41) is 3.35. The standard InChI is InChI=1S/C22H21ClN2O3S/c1-15-11-12-18(29(27,28)25-21-10-6-3-7-16(21)2)13-19(15)22(26)24-14-17-8-4-5-9-20(17)23/h3-13,25H,14H2,1-2H3,(H,24,26). The third-order valence-corrected chi connectivity index (χ3v) is 6.28. The quantitative estimate of drug-likeness (QED) is 0.598. The predicted octanol–water partition coefficient (Wildman–Crippen LogP) is 4.69. The van der Waals surface area contributed by atoms with Crippen molar-refractivity contribution in [2.75, 3.05) is 4.72 Å². The lowest BCUT2D eigenvalue weighted by Gasteiger charge is -2.13. The molecule has 0 saturated heterocycles. The number of sulfonamides is 1. The molecule has 0 saturated carbocycles. The molecule has 2 N–H and O–H groups in total. The molecule has 3 rings (SSSR count). The summed E-state index contributed by atoms with van der Waals surface area (Å²) in [7, 11) is -3.83. The van der Waals surface area contributed by atoms with Gasteiger partial charge in [0.15, 0.2) is 0 Å². The number of anilines is 1. The SMILES string of the molecule is Cc1ccccc1NS(=O)(=O)c1ccc(C)c(C(=O)NCc2ccccc2Cl)c1. The average molecular weight is 429 g/mol. The summed E-state index contributed by atoms with van der Waals surface area (Å²) >= 11 is 6.12. The summed E-state index contributed by atoms with van der Waals surface area (Å²) in [4.78, 5) is 12.7. The smallest absolute Gasteiger partial charge is 0.261 e. The Hall–Kier alpha value is -2.83. The van der Waals surface area contributed by atoms with E-state index in [0.29, 0.717) is 21.8 Å². The van der Waals surface area contributed by atoms with E-state index in [1.54, 1.807) is 31.2 Å². The highest BCUT2D eigenvalue weighted by molar-refractivity contribution is 7.92. The molecule has 0 aliphatic heterocycles. The van der Waals surface area contributed by atoms with Gasteiger partial charge >= 0.3 is 0 Å². The van der Waals surface area contributed by atoms with E-state index in [-0.39, 0.29) is 17.3 Å². The highest BCUT2D eigenvalue weighted by atomic mass is 35.5. The van der Waals surface area contributed by atoms with Crippen molar-refractivity contribution in [3.63, 3.8) is 0 Å². The molecule has 0 heterocycles. The van der Waals surface area contributed by atoms with Gasteiger partial charge in [-0.1, -0.05) is 54.1 Å². The molecular weight excluding hydrogens is 408 g/mol. The predicted molar refractivity (Wildman–Crippen MR) is 116 cm³/mol. The van der Waals surface area contributed by atoms with Gasteiger partial charge in [-0.15, -0.1) is 0 Å². The summed E-state index contributed by atoms with van der Waals surface area (Å²) in [6.45, 7) is 3.83. The molecule has 7 heteroatoms. The van der Waals surface area contributed by atoms with Crippen molar-refractivity contribution in [1.29, 1.82) is 0 Å². The van der Waals surface area contributed by atoms with Crippen molar-refractivity contribution in [2.24, 2.45) is 0 Å². The molecule has 150 valence electrons. The molecule has 3 aromatic carbocycles. The van der Waals surface area contributed by atoms with Crippen molar-refractivity contribution >= 4 is 33.2 Å². The second kappa shape index (κ2) is 8.68. The average Bonchev–Trinajstić information content (AvgIpc) is 2.69. The third-order valence-electron chi connectivity index (χ3n) is 4.55. The second-order valence-corrected chi connectivity index (χ2v) is 8.76. The number of rotatable bonds is 6. The van der Waals surface area contributed by atoms with Crippen molar-refractivity contribution in [2.45, 2.75) is 25.3 Å². The van der Waals surface area contributed by atoms with Gasteiger partial charge in [-0.05, 0) is 54.8 Å². The Kier molecular flexibility index (Phi) is 6.25. The Morgan fingerprint density at radius 2 is 1.62 bits per heavy atom. The fourth-order valence-electron chi connectivity index (χ4n) is 2.82. The van der Waals surface area contributed by atoms with Gasteiger partial charge in [-0.2, -0.15) is 0 Å². The molecule has 3 aromatic rings. The Bertz CT molecular complexity index is 1160. The molecule has 0 aromatic heterocycles. The molecule has 0 unspecified atom stereocenters. The van der Waals surface area contributed by atoms with Crippen LogP contribution in [0.3, 0.4) is 0 Å². The van der Waals surface area contributed by atoms with Gasteiger partial charge in [0, 0.05) is 17.1 Å². The lowest BCUT2D eigenvalue weighted by molar-refractivity contribution is 0.0950. The number of carbonyl (C=O) groups is 1. The molecule has 1 amide bonds. The summed E-state index contributed by atoms with van der Waals surface area (Å²) in [6.07, 6.45) is 0. The molecule has 0 aliphatic rings. The van der Waals surface area contributed by atoms with Gasteiger partial charge in [0.1, 0.15) is 0 Å². The van der Waals surface area contributed by atoms with E-state index in [1.807, 2.05) is 37.3 Å². The van der Waals surface area contributed by atoms with Crippen LogP contribution >= 0.6 is 11.6 Å². The number of benzene rings is 3. The topological polar surface area (TPSA) is 75.3 Å². The fourth-order valence-corrected chi connectivity index (χ4v) is 4.18. The zero-order valence-electron chi connectivity index (χ0n) is 16.1. The van der Waals surface area contributed by atoms with Gasteiger partial charge in [0.25, 0.3) is 15.9 Å². The van der Waals surface area contributed by atoms with Gasteiger partial charge in [-0.25, -0.2) is 8.42 Å². The maximum Gasteiger partial charge on any atom is 0.261 e. The van der Waals surface area contributed by atoms with Gasteiger partial charge < -0.3 is 5.32 Å². The first kappa shape index (κ1) is 20.9. The van der Waals surface area contributed by atoms with Crippen LogP contribution in [-0.4, -0.2) is 14.3 Å². The van der Waals surface area contributed by atoms with Crippen molar-refractivity contribution in [1.82, 2.24) is 5.32 Å². The maximum absolute atomic E-state index is 12.8. The van der Waals surface area contributed by atoms with Crippen LogP contribution in [0, 0.1) is 13.8 Å². The molecule has 0 spiro atoms. The monoisotopic (exact) mass is 428 g/mol. The lowest BCUT2D eigenvalue weighted by Crippen LogP contribution is -2.24. The Labute approximate surface area is 175 Å². The Morgan fingerprint density at radius 1 is 0.931 bits per heavy atom. The second-order valence-electron chi connectivity index (χ2n) is 6.67. The molecule has 0 fully saturated rings. The van der Waals surface area contributed by atoms with Crippen LogP contribution in [-0.2, 0) is 16.6 Å². The van der Waals surface area contributed by atoms with E-state index in [2.05, 4.69) is 10.0 Å². The van der Waals surface area contributed by atoms with Gasteiger partial charge in [0.05, 0.1) is 10.6 Å². The van der Waals surface area contributed by atoms with Gasteiger partial charge in [-0.3, -0.25) is 9.52 Å². The van der Waals surface area contributed by atoms with E-state index in [4.69, 9.17) is 11.6 Å². The number of carbonyl (C=O) groups excluding carboxylic acids is 1. The fraction of sp³-hybridized carbons (Fsp3) is 0.136. The van der Waals surface area contributed by atoms with E-state index in [9.17, 15) is 13.2 Å². The number of aryl methyl sites for hydroxylation is 2. The first-order valence-electron chi connectivity index (χ1n) is 8.98. The molecule has 0 aliphatic carbocycles. The van der Waals surface area contributed by atoms with Crippen LogP contribution in [0.5, 0.6) is 0 Å². The van der Waals surface area contributed by atoms with Crippen LogP contribution in [0.1, 0.15) is 27.0 Å². The number of para-hydroxylation sites is 1. The first-order valence-corrected chi connectivity index (χ1v) is 10.8. The molecule has 0 radical (unpaired) electrons.